The van der Waals surface area contributed by atoms with E-state index in [1.54, 1.807) is 12.1 Å². The van der Waals surface area contributed by atoms with Crippen LogP contribution in [0.15, 0.2) is 67.0 Å². The smallest absolute Gasteiger partial charge is 0.123 e. The first kappa shape index (κ1) is 20.0. The van der Waals surface area contributed by atoms with Gasteiger partial charge in [0.05, 0.1) is 0 Å². The van der Waals surface area contributed by atoms with Crippen molar-refractivity contribution in [2.24, 2.45) is 7.05 Å². The number of benzene rings is 2. The molecule has 0 spiro atoms. The summed E-state index contributed by atoms with van der Waals surface area (Å²) in [6, 6.07) is 16.9. The molecule has 0 aliphatic heterocycles. The summed E-state index contributed by atoms with van der Waals surface area (Å²) in [5, 5.41) is 0. The third-order valence-electron chi connectivity index (χ3n) is 3.14. The maximum atomic E-state index is 12.4. The van der Waals surface area contributed by atoms with Gasteiger partial charge in [0.25, 0.3) is 0 Å². The second-order valence-corrected chi connectivity index (χ2v) is 10.1. The Balaban J connectivity index is 0.000000177. The van der Waals surface area contributed by atoms with Crippen molar-refractivity contribution in [2.75, 3.05) is 0 Å². The van der Waals surface area contributed by atoms with E-state index in [1.165, 1.54) is 21.6 Å². The number of hydrogen-bond acceptors (Lipinski definition) is 1. The molecule has 7 heteroatoms. The zero-order chi connectivity index (χ0) is 17.5. The zero-order valence-electron chi connectivity index (χ0n) is 12.8. The summed E-state index contributed by atoms with van der Waals surface area (Å²) < 4.78 is 19.8. The average Bonchev–Trinajstić information content (AvgIpc) is 2.90. The molecule has 0 bridgehead atoms. The first-order chi connectivity index (χ1) is 11.5. The summed E-state index contributed by atoms with van der Waals surface area (Å²) >= 11 is 6.67. The molecule has 1 aromatic heterocycles. The van der Waals surface area contributed by atoms with Crippen LogP contribution in [0.4, 0.5) is 4.39 Å². The molecule has 0 unspecified atom stereocenters. The number of nitrogens with zero attached hydrogens (tertiary/aromatic N) is 3. The van der Waals surface area contributed by atoms with Crippen LogP contribution in [0.1, 0.15) is 5.56 Å². The molecule has 0 radical (unpaired) electrons. The Hall–Kier alpha value is -0.312. The Morgan fingerprint density at radius 2 is 1.62 bits per heavy atom. The van der Waals surface area contributed by atoms with Gasteiger partial charge in [-0.25, -0.2) is 4.39 Å². The van der Waals surface area contributed by atoms with Crippen molar-refractivity contribution in [3.8, 4) is 5.69 Å². The summed E-state index contributed by atoms with van der Waals surface area (Å²) in [5.74, 6) is -0.179. The minimum absolute atomic E-state index is 0.179. The number of imidazole rings is 1. The van der Waals surface area contributed by atoms with Crippen molar-refractivity contribution >= 4 is 45.7 Å². The second-order valence-electron chi connectivity index (χ2n) is 4.94. The SMILES string of the molecule is Cn1ccn(-c2ccccc2)[c]1=[Pt].Fc1ccc(CN(I)I)cc1. The van der Waals surface area contributed by atoms with Gasteiger partial charge in [0.15, 0.2) is 0 Å². The van der Waals surface area contributed by atoms with Gasteiger partial charge in [-0.15, -0.1) is 0 Å². The zero-order valence-corrected chi connectivity index (χ0v) is 19.4. The quantitative estimate of drug-likeness (QED) is 0.267. The molecule has 2 aromatic carbocycles. The van der Waals surface area contributed by atoms with Crippen molar-refractivity contribution in [3.05, 3.63) is 82.2 Å². The first-order valence-electron chi connectivity index (χ1n) is 7.05. The average molecular weight is 730 g/mol. The molecule has 0 saturated carbocycles. The van der Waals surface area contributed by atoms with Crippen LogP contribution in [0.3, 0.4) is 0 Å². The Morgan fingerprint density at radius 3 is 2.12 bits per heavy atom. The number of rotatable bonds is 3. The van der Waals surface area contributed by atoms with Crippen LogP contribution in [0.2, 0.25) is 0 Å². The molecular weight excluding hydrogens is 714 g/mol. The van der Waals surface area contributed by atoms with E-state index in [2.05, 4.69) is 98.7 Å². The van der Waals surface area contributed by atoms with Gasteiger partial charge in [-0.2, -0.15) is 1.33 Å². The molecule has 3 rings (SSSR count). The van der Waals surface area contributed by atoms with Crippen LogP contribution in [0.25, 0.3) is 5.69 Å². The van der Waals surface area contributed by atoms with Crippen LogP contribution in [0.5, 0.6) is 0 Å². The Bertz CT molecular complexity index is 814. The number of hydrogen-bond donors (Lipinski definition) is 0. The minimum Gasteiger partial charge on any atom is -0.207 e. The van der Waals surface area contributed by atoms with E-state index >= 15 is 0 Å². The number of aryl methyl sites for hydroxylation is 1. The fourth-order valence-corrected chi connectivity index (χ4v) is 3.37. The molecular formula is C17H16FI2N3Pt. The molecule has 1 heterocycles. The van der Waals surface area contributed by atoms with E-state index < -0.39 is 0 Å². The van der Waals surface area contributed by atoms with Gasteiger partial charge < -0.3 is 0 Å². The van der Waals surface area contributed by atoms with E-state index in [9.17, 15) is 4.39 Å². The normalized spacial score (nSPS) is 10.5. The molecule has 0 aliphatic carbocycles. The van der Waals surface area contributed by atoms with Gasteiger partial charge in [0.2, 0.25) is 0 Å². The van der Waals surface area contributed by atoms with Gasteiger partial charge in [-0.05, 0) is 17.7 Å². The first-order valence-corrected chi connectivity index (χ1v) is 10.1. The molecule has 130 valence electrons. The predicted octanol–water partition coefficient (Wildman–Crippen LogP) is 5.22. The fraction of sp³-hybridized carbons (Fsp3) is 0.118. The van der Waals surface area contributed by atoms with Crippen LogP contribution in [0, 0.1) is 9.62 Å². The second kappa shape index (κ2) is 9.99. The summed E-state index contributed by atoms with van der Waals surface area (Å²) in [4.78, 5) is 0. The monoisotopic (exact) mass is 730 g/mol. The van der Waals surface area contributed by atoms with Crippen LogP contribution < -0.4 is 0 Å². The minimum atomic E-state index is -0.179. The summed E-state index contributed by atoms with van der Waals surface area (Å²) in [6.07, 6.45) is 4.12. The number of para-hydroxylation sites is 1. The van der Waals surface area contributed by atoms with Gasteiger partial charge in [-0.3, -0.25) is 0 Å². The molecule has 24 heavy (non-hydrogen) atoms. The predicted molar refractivity (Wildman–Crippen MR) is 108 cm³/mol. The van der Waals surface area contributed by atoms with E-state index in [4.69, 9.17) is 0 Å². The van der Waals surface area contributed by atoms with Gasteiger partial charge in [-0.1, -0.05) is 12.1 Å². The van der Waals surface area contributed by atoms with Crippen molar-refractivity contribution in [1.82, 2.24) is 10.5 Å². The molecule has 0 atom stereocenters. The topological polar surface area (TPSA) is 13.1 Å². The van der Waals surface area contributed by atoms with Crippen LogP contribution >= 0.6 is 45.7 Å². The number of halogens is 3. The maximum Gasteiger partial charge on any atom is 0.123 e. The van der Waals surface area contributed by atoms with Crippen LogP contribution in [-0.4, -0.2) is 10.5 Å². The van der Waals surface area contributed by atoms with Crippen LogP contribution in [-0.2, 0) is 32.9 Å². The number of aromatic nitrogens is 2. The standard InChI is InChI=1S/C10H10N2.C7H6FI2N.Pt/c1-11-7-8-12(9-11)10-5-3-2-4-6-10;8-7-3-1-6(2-4-7)5-11(9)10;/h2-8H,1H3;1-4H,5H2;. The van der Waals surface area contributed by atoms with Gasteiger partial charge in [0.1, 0.15) is 5.82 Å². The fourth-order valence-electron chi connectivity index (χ4n) is 1.95. The molecule has 0 fully saturated rings. The molecule has 0 amide bonds. The molecule has 3 nitrogen and oxygen atoms in total. The van der Waals surface area contributed by atoms with E-state index in [0.717, 1.165) is 12.1 Å². The van der Waals surface area contributed by atoms with Crippen molar-refractivity contribution in [3.63, 3.8) is 0 Å². The Morgan fingerprint density at radius 1 is 1.00 bits per heavy atom. The summed E-state index contributed by atoms with van der Waals surface area (Å²) in [6.45, 7) is 0.835. The summed E-state index contributed by atoms with van der Waals surface area (Å²) in [7, 11) is 2.04. The van der Waals surface area contributed by atoms with Crippen molar-refractivity contribution < 1.29 is 23.7 Å². The molecule has 0 aliphatic rings. The third-order valence-corrected chi connectivity index (χ3v) is 5.17. The van der Waals surface area contributed by atoms with Crippen molar-refractivity contribution in [2.45, 2.75) is 6.54 Å². The molecule has 3 aromatic rings. The largest absolute Gasteiger partial charge is 0.207 e. The Labute approximate surface area is 179 Å². The van der Waals surface area contributed by atoms with Gasteiger partial charge in [0, 0.05) is 52.3 Å². The third kappa shape index (κ3) is 6.20. The van der Waals surface area contributed by atoms with E-state index in [0.29, 0.717) is 0 Å². The van der Waals surface area contributed by atoms with Crippen molar-refractivity contribution in [1.29, 1.82) is 0 Å². The summed E-state index contributed by atoms with van der Waals surface area (Å²) in [5.41, 5.74) is 2.32. The maximum absolute atomic E-state index is 12.4. The Kier molecular flexibility index (Phi) is 8.33. The van der Waals surface area contributed by atoms with Gasteiger partial charge >= 0.3 is 87.8 Å². The van der Waals surface area contributed by atoms with E-state index in [1.807, 2.05) is 26.6 Å². The van der Waals surface area contributed by atoms with E-state index in [-0.39, 0.29) is 5.82 Å². The molecule has 0 N–H and O–H groups in total. The molecule has 0 saturated heterocycles.